The van der Waals surface area contributed by atoms with Crippen molar-refractivity contribution in [1.82, 2.24) is 9.97 Å². The number of hydrogen-bond acceptors (Lipinski definition) is 2. The van der Waals surface area contributed by atoms with Crippen molar-refractivity contribution in [1.29, 1.82) is 0 Å². The zero-order valence-corrected chi connectivity index (χ0v) is 25.4. The third-order valence-corrected chi connectivity index (χ3v) is 8.99. The molecule has 38 heavy (non-hydrogen) atoms. The average Bonchev–Trinajstić information content (AvgIpc) is 3.03. The first-order chi connectivity index (χ1) is 17.6. The van der Waals surface area contributed by atoms with Crippen molar-refractivity contribution in [3.63, 3.8) is 0 Å². The van der Waals surface area contributed by atoms with Crippen molar-refractivity contribution < 1.29 is 20.1 Å². The van der Waals surface area contributed by atoms with Crippen LogP contribution in [0, 0.1) is 17.5 Å². The summed E-state index contributed by atoms with van der Waals surface area (Å²) in [6.45, 7) is 14.4. The van der Waals surface area contributed by atoms with Gasteiger partial charge in [-0.1, -0.05) is 65.8 Å². The molecule has 0 saturated heterocycles. The van der Waals surface area contributed by atoms with Crippen LogP contribution in [0.5, 0.6) is 0 Å². The van der Waals surface area contributed by atoms with E-state index in [1.807, 2.05) is 60.8 Å². The molecule has 2 aromatic heterocycles. The van der Waals surface area contributed by atoms with Gasteiger partial charge < -0.3 is 9.97 Å². The van der Waals surface area contributed by atoms with Crippen molar-refractivity contribution in [2.75, 3.05) is 0 Å². The van der Waals surface area contributed by atoms with Gasteiger partial charge in [0.2, 0.25) is 0 Å². The first kappa shape index (κ1) is 27.9. The number of aromatic nitrogens is 2. The molecule has 2 nitrogen and oxygen atoms in total. The van der Waals surface area contributed by atoms with E-state index >= 15 is 0 Å². The molecule has 2 heterocycles. The summed E-state index contributed by atoms with van der Waals surface area (Å²) in [4.78, 5) is 8.91. The van der Waals surface area contributed by atoms with Gasteiger partial charge in [0.15, 0.2) is 0 Å². The zero-order valence-electron chi connectivity index (χ0n) is 23.0. The van der Waals surface area contributed by atoms with E-state index in [1.165, 1.54) is 21.9 Å². The van der Waals surface area contributed by atoms with Crippen molar-refractivity contribution in [3.8, 4) is 22.5 Å². The van der Waals surface area contributed by atoms with E-state index in [0.717, 1.165) is 22.5 Å². The monoisotopic (exact) mass is 675 g/mol. The average molecular weight is 675 g/mol. The summed E-state index contributed by atoms with van der Waals surface area (Å²) in [7, 11) is 0. The van der Waals surface area contributed by atoms with Crippen LogP contribution < -0.4 is 0 Å². The quantitative estimate of drug-likeness (QED) is 0.175. The molecule has 1 aliphatic carbocycles. The topological polar surface area (TPSA) is 25.8 Å². The normalized spacial score (nSPS) is 16.1. The molecule has 0 bridgehead atoms. The van der Waals surface area contributed by atoms with E-state index in [1.54, 1.807) is 6.20 Å². The summed E-state index contributed by atoms with van der Waals surface area (Å²) in [6.07, 6.45) is 3.71. The van der Waals surface area contributed by atoms with Gasteiger partial charge in [-0.15, -0.1) is 71.8 Å². The van der Waals surface area contributed by atoms with Crippen molar-refractivity contribution in [2.45, 2.75) is 52.4 Å². The van der Waals surface area contributed by atoms with Crippen LogP contribution in [0.15, 0.2) is 97.3 Å². The molecule has 0 aliphatic heterocycles. The molecular formula is C35H34IrN2-2. The fraction of sp³-hybridized carbons (Fsp3) is 0.257. The number of hydrogen-bond donors (Lipinski definition) is 0. The fourth-order valence-corrected chi connectivity index (χ4v) is 5.54. The summed E-state index contributed by atoms with van der Waals surface area (Å²) in [5, 5.41) is 2.49. The number of pyridine rings is 2. The molecular weight excluding hydrogens is 641 g/mol. The minimum atomic E-state index is 0. The van der Waals surface area contributed by atoms with E-state index in [9.17, 15) is 0 Å². The molecule has 0 amide bonds. The SMILES string of the molecule is CC1(C)c2cc3ccnc(-c4[c-]cccc4)c3cc2C(C)(C)C1(C)C.[Ir].[c-]1ccccc1-c1ccccn1. The molecule has 6 rings (SSSR count). The smallest absolute Gasteiger partial charge is 0.0167 e. The van der Waals surface area contributed by atoms with E-state index in [4.69, 9.17) is 4.98 Å². The molecule has 0 atom stereocenters. The van der Waals surface area contributed by atoms with Gasteiger partial charge in [-0.3, -0.25) is 0 Å². The van der Waals surface area contributed by atoms with Crippen molar-refractivity contribution in [3.05, 3.63) is 121 Å². The summed E-state index contributed by atoms with van der Waals surface area (Å²) >= 11 is 0. The van der Waals surface area contributed by atoms with Gasteiger partial charge >= 0.3 is 0 Å². The predicted molar refractivity (Wildman–Crippen MR) is 154 cm³/mol. The van der Waals surface area contributed by atoms with Crippen LogP contribution in [-0.4, -0.2) is 9.97 Å². The second-order valence-corrected chi connectivity index (χ2v) is 11.4. The zero-order chi connectivity index (χ0) is 26.3. The van der Waals surface area contributed by atoms with Gasteiger partial charge in [-0.25, -0.2) is 0 Å². The molecule has 195 valence electrons. The Morgan fingerprint density at radius 2 is 1.21 bits per heavy atom. The minimum absolute atomic E-state index is 0. The van der Waals surface area contributed by atoms with E-state index in [-0.39, 0.29) is 36.4 Å². The molecule has 0 saturated carbocycles. The summed E-state index contributed by atoms with van der Waals surface area (Å²) in [5.74, 6) is 0. The maximum absolute atomic E-state index is 4.69. The Kier molecular flexibility index (Phi) is 7.75. The van der Waals surface area contributed by atoms with Crippen molar-refractivity contribution >= 4 is 10.8 Å². The molecule has 0 spiro atoms. The molecule has 3 heteroatoms. The van der Waals surface area contributed by atoms with Crippen LogP contribution in [0.4, 0.5) is 0 Å². The predicted octanol–water partition coefficient (Wildman–Crippen LogP) is 8.84. The van der Waals surface area contributed by atoms with Gasteiger partial charge in [0.25, 0.3) is 0 Å². The first-order valence-electron chi connectivity index (χ1n) is 12.9. The maximum Gasteiger partial charge on any atom is 0.0167 e. The first-order valence-corrected chi connectivity index (χ1v) is 12.9. The number of rotatable bonds is 2. The van der Waals surface area contributed by atoms with Crippen LogP contribution in [0.2, 0.25) is 0 Å². The maximum atomic E-state index is 4.69. The Bertz CT molecular complexity index is 1490. The Balaban J connectivity index is 0.000000218. The second kappa shape index (κ2) is 10.6. The molecule has 3 aromatic carbocycles. The standard InChI is InChI=1S/C24H26N.C11H8N.Ir/c1-22(2)19-14-17-12-13-25-21(16-10-8-7-9-11-16)18(17)15-20(19)23(3,4)24(22,5)6;1-2-6-10(7-3-1)11-8-4-5-9-12-11;/h7-10,12-15H,1-6H3;1-6,8-9H;/q2*-1;. The number of benzene rings is 3. The third-order valence-electron chi connectivity index (χ3n) is 8.99. The Hall–Kier alpha value is -3.13. The molecule has 1 radical (unpaired) electrons. The van der Waals surface area contributed by atoms with Gasteiger partial charge in [0, 0.05) is 32.5 Å². The Morgan fingerprint density at radius 3 is 1.79 bits per heavy atom. The molecule has 0 N–H and O–H groups in total. The summed E-state index contributed by atoms with van der Waals surface area (Å²) < 4.78 is 0. The van der Waals surface area contributed by atoms with Gasteiger partial charge in [-0.2, -0.15) is 0 Å². The van der Waals surface area contributed by atoms with Gasteiger partial charge in [0.1, 0.15) is 0 Å². The Labute approximate surface area is 240 Å². The van der Waals surface area contributed by atoms with Crippen LogP contribution in [0.25, 0.3) is 33.3 Å². The Morgan fingerprint density at radius 1 is 0.605 bits per heavy atom. The fourth-order valence-electron chi connectivity index (χ4n) is 5.54. The van der Waals surface area contributed by atoms with E-state index in [2.05, 4.69) is 89.0 Å². The largest absolute Gasteiger partial charge is 0.305 e. The number of nitrogens with zero attached hydrogens (tertiary/aromatic N) is 2. The van der Waals surface area contributed by atoms with E-state index < -0.39 is 0 Å². The van der Waals surface area contributed by atoms with Crippen LogP contribution in [-0.2, 0) is 30.9 Å². The third kappa shape index (κ3) is 4.63. The minimum Gasteiger partial charge on any atom is -0.305 e. The molecule has 0 fully saturated rings. The number of fused-ring (bicyclic) bond motifs is 2. The summed E-state index contributed by atoms with van der Waals surface area (Å²) in [6, 6.07) is 35.2. The van der Waals surface area contributed by atoms with Crippen LogP contribution >= 0.6 is 0 Å². The summed E-state index contributed by atoms with van der Waals surface area (Å²) in [5.41, 5.74) is 7.43. The molecule has 0 unspecified atom stereocenters. The van der Waals surface area contributed by atoms with Gasteiger partial charge in [-0.05, 0) is 61.7 Å². The second-order valence-electron chi connectivity index (χ2n) is 11.4. The molecule has 1 aliphatic rings. The molecule has 5 aromatic rings. The van der Waals surface area contributed by atoms with E-state index in [0.29, 0.717) is 0 Å². The van der Waals surface area contributed by atoms with Crippen LogP contribution in [0.3, 0.4) is 0 Å². The van der Waals surface area contributed by atoms with Gasteiger partial charge in [0.05, 0.1) is 0 Å². The van der Waals surface area contributed by atoms with Crippen molar-refractivity contribution in [2.24, 2.45) is 5.41 Å². The van der Waals surface area contributed by atoms with Crippen LogP contribution in [0.1, 0.15) is 52.7 Å².